The Balaban J connectivity index is 1.75. The van der Waals surface area contributed by atoms with Crippen LogP contribution in [0.25, 0.3) is 0 Å². The highest BCUT2D eigenvalue weighted by Crippen LogP contribution is 2.13. The minimum absolute atomic E-state index is 0.0832. The molecule has 1 aliphatic rings. The molecule has 1 aliphatic heterocycles. The highest BCUT2D eigenvalue weighted by molar-refractivity contribution is 7.80. The first-order valence-electron chi connectivity index (χ1n) is 9.95. The van der Waals surface area contributed by atoms with Crippen LogP contribution in [-0.2, 0) is 11.2 Å². The summed E-state index contributed by atoms with van der Waals surface area (Å²) in [5, 5.41) is 7.12. The van der Waals surface area contributed by atoms with Crippen LogP contribution in [-0.4, -0.2) is 59.1 Å². The summed E-state index contributed by atoms with van der Waals surface area (Å²) in [7, 11) is 0. The van der Waals surface area contributed by atoms with E-state index in [0.717, 1.165) is 43.4 Å². The number of rotatable bonds is 6. The lowest BCUT2D eigenvalue weighted by atomic mass is 10.1. The van der Waals surface area contributed by atoms with Crippen molar-refractivity contribution in [2.75, 3.05) is 38.0 Å². The first-order chi connectivity index (χ1) is 12.8. The molecule has 27 heavy (non-hydrogen) atoms. The van der Waals surface area contributed by atoms with E-state index >= 15 is 0 Å². The summed E-state index contributed by atoms with van der Waals surface area (Å²) in [5.74, 6) is 0.0832. The van der Waals surface area contributed by atoms with Crippen molar-refractivity contribution in [1.82, 2.24) is 15.1 Å². The summed E-state index contributed by atoms with van der Waals surface area (Å²) in [6.07, 6.45) is 3.57. The third-order valence-corrected chi connectivity index (χ3v) is 4.93. The molecular weight excluding hydrogens is 356 g/mol. The molecule has 0 aliphatic carbocycles. The minimum atomic E-state index is -0.184. The second-order valence-electron chi connectivity index (χ2n) is 8.29. The van der Waals surface area contributed by atoms with Crippen molar-refractivity contribution < 1.29 is 4.79 Å². The fourth-order valence-corrected chi connectivity index (χ4v) is 3.41. The van der Waals surface area contributed by atoms with Gasteiger partial charge in [-0.3, -0.25) is 9.69 Å². The maximum Gasteiger partial charge on any atom is 0.234 e. The third kappa shape index (κ3) is 7.85. The van der Waals surface area contributed by atoms with E-state index in [1.54, 1.807) is 0 Å². The molecule has 1 aromatic rings. The number of amides is 1. The molecule has 0 saturated carbocycles. The number of hydrogen-bond donors (Lipinski definition) is 2. The van der Waals surface area contributed by atoms with Crippen molar-refractivity contribution in [3.63, 3.8) is 0 Å². The largest absolute Gasteiger partial charge is 0.350 e. The Morgan fingerprint density at radius 3 is 2.30 bits per heavy atom. The molecule has 1 fully saturated rings. The normalized spacial score (nSPS) is 15.5. The maximum atomic E-state index is 12.1. The summed E-state index contributed by atoms with van der Waals surface area (Å²) < 4.78 is 0. The SMILES string of the molecule is CCCCc1ccc(NC(=S)N2CCN(CC(=O)NC(C)(C)C)CC2)cc1. The van der Waals surface area contributed by atoms with E-state index < -0.39 is 0 Å². The van der Waals surface area contributed by atoms with Crippen molar-refractivity contribution in [3.05, 3.63) is 29.8 Å². The van der Waals surface area contributed by atoms with E-state index in [1.165, 1.54) is 18.4 Å². The highest BCUT2D eigenvalue weighted by Gasteiger charge is 2.22. The molecule has 0 spiro atoms. The number of nitrogens with one attached hydrogen (secondary N) is 2. The number of benzene rings is 1. The van der Waals surface area contributed by atoms with E-state index in [2.05, 4.69) is 51.6 Å². The Morgan fingerprint density at radius 2 is 1.74 bits per heavy atom. The summed E-state index contributed by atoms with van der Waals surface area (Å²) in [6, 6.07) is 8.55. The molecule has 0 aromatic heterocycles. The molecule has 150 valence electrons. The second kappa shape index (κ2) is 10.0. The second-order valence-corrected chi connectivity index (χ2v) is 8.68. The van der Waals surface area contributed by atoms with Crippen molar-refractivity contribution in [3.8, 4) is 0 Å². The first kappa shape index (κ1) is 21.6. The minimum Gasteiger partial charge on any atom is -0.350 e. The van der Waals surface area contributed by atoms with Crippen LogP contribution in [0.4, 0.5) is 5.69 Å². The molecule has 1 saturated heterocycles. The predicted molar refractivity (Wildman–Crippen MR) is 117 cm³/mol. The van der Waals surface area contributed by atoms with Gasteiger partial charge in [-0.05, 0) is 63.5 Å². The number of aryl methyl sites for hydroxylation is 1. The van der Waals surface area contributed by atoms with Crippen LogP contribution in [0.15, 0.2) is 24.3 Å². The number of unbranched alkanes of at least 4 members (excludes halogenated alkanes) is 1. The quantitative estimate of drug-likeness (QED) is 0.730. The van der Waals surface area contributed by atoms with Crippen molar-refractivity contribution >= 4 is 28.9 Å². The average molecular weight is 391 g/mol. The predicted octanol–water partition coefficient (Wildman–Crippen LogP) is 3.26. The van der Waals surface area contributed by atoms with Gasteiger partial charge in [-0.1, -0.05) is 25.5 Å². The molecule has 1 heterocycles. The highest BCUT2D eigenvalue weighted by atomic mass is 32.1. The summed E-state index contributed by atoms with van der Waals surface area (Å²) >= 11 is 5.57. The molecule has 0 bridgehead atoms. The van der Waals surface area contributed by atoms with Gasteiger partial charge in [0.1, 0.15) is 0 Å². The Kier molecular flexibility index (Phi) is 8.05. The Labute approximate surface area is 169 Å². The monoisotopic (exact) mass is 390 g/mol. The number of carbonyl (C=O) groups is 1. The lowest BCUT2D eigenvalue weighted by molar-refractivity contribution is -0.123. The van der Waals surface area contributed by atoms with Gasteiger partial charge in [-0.2, -0.15) is 0 Å². The standard InChI is InChI=1S/C21H34N4OS/c1-5-6-7-17-8-10-18(11-9-17)22-20(27)25-14-12-24(13-15-25)16-19(26)23-21(2,3)4/h8-11H,5-7,12-16H2,1-4H3,(H,22,27)(H,23,26). The Bertz CT molecular complexity index is 616. The fourth-order valence-electron chi connectivity index (χ4n) is 3.11. The summed E-state index contributed by atoms with van der Waals surface area (Å²) in [6.45, 7) is 12.0. The van der Waals surface area contributed by atoms with Crippen LogP contribution in [0.1, 0.15) is 46.1 Å². The molecule has 1 amide bonds. The van der Waals surface area contributed by atoms with Crippen LogP contribution in [0.3, 0.4) is 0 Å². The lowest BCUT2D eigenvalue weighted by Crippen LogP contribution is -2.53. The van der Waals surface area contributed by atoms with Gasteiger partial charge in [-0.25, -0.2) is 0 Å². The number of piperazine rings is 1. The van der Waals surface area contributed by atoms with Crippen LogP contribution in [0.5, 0.6) is 0 Å². The molecule has 1 aromatic carbocycles. The van der Waals surface area contributed by atoms with Gasteiger partial charge in [0, 0.05) is 37.4 Å². The van der Waals surface area contributed by atoms with Crippen LogP contribution < -0.4 is 10.6 Å². The van der Waals surface area contributed by atoms with E-state index in [1.807, 2.05) is 20.8 Å². The zero-order valence-corrected chi connectivity index (χ0v) is 18.0. The topological polar surface area (TPSA) is 47.6 Å². The number of thiocarbonyl (C=S) groups is 1. The molecule has 2 N–H and O–H groups in total. The van der Waals surface area contributed by atoms with Gasteiger partial charge >= 0.3 is 0 Å². The number of carbonyl (C=O) groups excluding carboxylic acids is 1. The van der Waals surface area contributed by atoms with E-state index in [-0.39, 0.29) is 11.4 Å². The molecule has 2 rings (SSSR count). The fraction of sp³-hybridized carbons (Fsp3) is 0.619. The van der Waals surface area contributed by atoms with E-state index in [0.29, 0.717) is 6.54 Å². The third-order valence-electron chi connectivity index (χ3n) is 4.57. The van der Waals surface area contributed by atoms with E-state index in [9.17, 15) is 4.79 Å². The van der Waals surface area contributed by atoms with Crippen molar-refractivity contribution in [2.24, 2.45) is 0 Å². The summed E-state index contributed by atoms with van der Waals surface area (Å²) in [4.78, 5) is 16.4. The number of hydrogen-bond acceptors (Lipinski definition) is 3. The average Bonchev–Trinajstić information content (AvgIpc) is 2.60. The Hall–Kier alpha value is -1.66. The zero-order chi connectivity index (χ0) is 19.9. The van der Waals surface area contributed by atoms with Crippen LogP contribution >= 0.6 is 12.2 Å². The van der Waals surface area contributed by atoms with Gasteiger partial charge in [-0.15, -0.1) is 0 Å². The Morgan fingerprint density at radius 1 is 1.11 bits per heavy atom. The maximum absolute atomic E-state index is 12.1. The van der Waals surface area contributed by atoms with Crippen LogP contribution in [0, 0.1) is 0 Å². The van der Waals surface area contributed by atoms with Crippen molar-refractivity contribution in [1.29, 1.82) is 0 Å². The molecule has 6 heteroatoms. The van der Waals surface area contributed by atoms with Crippen molar-refractivity contribution in [2.45, 2.75) is 52.5 Å². The molecule has 0 radical (unpaired) electrons. The van der Waals surface area contributed by atoms with Gasteiger partial charge in [0.05, 0.1) is 6.54 Å². The van der Waals surface area contributed by atoms with Gasteiger partial charge in [0.15, 0.2) is 5.11 Å². The molecule has 0 atom stereocenters. The number of anilines is 1. The molecule has 5 nitrogen and oxygen atoms in total. The van der Waals surface area contributed by atoms with Crippen LogP contribution in [0.2, 0.25) is 0 Å². The first-order valence-corrected chi connectivity index (χ1v) is 10.4. The van der Waals surface area contributed by atoms with Gasteiger partial charge in [0.25, 0.3) is 0 Å². The lowest BCUT2D eigenvalue weighted by Gasteiger charge is -2.36. The molecule has 0 unspecified atom stereocenters. The summed E-state index contributed by atoms with van der Waals surface area (Å²) in [5.41, 5.74) is 2.22. The van der Waals surface area contributed by atoms with Gasteiger partial charge < -0.3 is 15.5 Å². The smallest absolute Gasteiger partial charge is 0.234 e. The number of nitrogens with zero attached hydrogens (tertiary/aromatic N) is 2. The van der Waals surface area contributed by atoms with E-state index in [4.69, 9.17) is 12.2 Å². The van der Waals surface area contributed by atoms with Gasteiger partial charge in [0.2, 0.25) is 5.91 Å². The zero-order valence-electron chi connectivity index (χ0n) is 17.2. The molecular formula is C21H34N4OS.